The number of benzene rings is 7. The van der Waals surface area contributed by atoms with E-state index >= 15 is 28.5 Å². The van der Waals surface area contributed by atoms with E-state index < -0.39 is 217 Å². The van der Waals surface area contributed by atoms with Crippen molar-refractivity contribution >= 4 is 57.8 Å². The molecule has 0 saturated carbocycles. The quantitative estimate of drug-likeness (QED) is 0.0155. The van der Waals surface area contributed by atoms with Crippen LogP contribution in [-0.4, -0.2) is 191 Å². The monoisotopic (exact) mass is 1980 g/mol. The highest BCUT2D eigenvalue weighted by molar-refractivity contribution is 7.48. The van der Waals surface area contributed by atoms with Crippen LogP contribution in [0.1, 0.15) is 198 Å². The molecule has 7 aromatic carbocycles. The number of carbonyl (C=O) groups excluding carboxylic acids is 7. The second-order valence-corrected chi connectivity index (χ2v) is 43.9. The van der Waals surface area contributed by atoms with Gasteiger partial charge in [0.05, 0.1) is 110 Å². The van der Waals surface area contributed by atoms with Crippen LogP contribution < -0.4 is 10.6 Å². The lowest BCUT2D eigenvalue weighted by molar-refractivity contribution is -0.337. The smallest absolute Gasteiger partial charge is 0.462 e. The summed E-state index contributed by atoms with van der Waals surface area (Å²) in [4.78, 5) is 105. The molecule has 140 heavy (non-hydrogen) atoms. The average Bonchev–Trinajstić information content (AvgIpc) is 1.55. The van der Waals surface area contributed by atoms with Gasteiger partial charge in [-0.15, -0.1) is 0 Å². The maximum absolute atomic E-state index is 16.4. The molecule has 31 nitrogen and oxygen atoms in total. The van der Waals surface area contributed by atoms with Gasteiger partial charge in [0, 0.05) is 19.3 Å². The Morgan fingerprint density at radius 2 is 0.893 bits per heavy atom. The molecule has 0 aromatic heterocycles. The second kappa shape index (κ2) is 52.8. The number of nitrogens with one attached hydrogen (secondary N) is 2. The number of amides is 2. The zero-order valence-electron chi connectivity index (χ0n) is 82.9. The number of phosphoric acid groups is 1. The van der Waals surface area contributed by atoms with E-state index in [0.717, 1.165) is 22.3 Å². The fourth-order valence-electron chi connectivity index (χ4n) is 17.1. The minimum Gasteiger partial charge on any atom is -0.462 e. The minimum absolute atomic E-state index is 0.0138. The van der Waals surface area contributed by atoms with Crippen molar-refractivity contribution in [2.75, 3.05) is 19.8 Å². The van der Waals surface area contributed by atoms with Gasteiger partial charge in [0.15, 0.2) is 38.9 Å². The van der Waals surface area contributed by atoms with Crippen LogP contribution in [0.5, 0.6) is 0 Å². The van der Waals surface area contributed by atoms with Crippen molar-refractivity contribution in [1.82, 2.24) is 10.6 Å². The minimum atomic E-state index is -5.09. The van der Waals surface area contributed by atoms with Crippen LogP contribution >= 0.6 is 7.82 Å². The van der Waals surface area contributed by atoms with Crippen molar-refractivity contribution < 1.29 is 137 Å². The van der Waals surface area contributed by atoms with E-state index in [2.05, 4.69) is 38.3 Å². The normalized spacial score (nSPS) is 24.4. The summed E-state index contributed by atoms with van der Waals surface area (Å²) in [6, 6.07) is 59.6. The molecule has 12 rings (SSSR count). The average molecular weight is 1980 g/mol. The highest BCUT2D eigenvalue weighted by Crippen LogP contribution is 2.56. The van der Waals surface area contributed by atoms with Crippen LogP contribution in [0.25, 0.3) is 0 Å². The van der Waals surface area contributed by atoms with Crippen LogP contribution in [0.15, 0.2) is 206 Å². The lowest BCUT2D eigenvalue weighted by Gasteiger charge is -2.51. The third-order valence-corrected chi connectivity index (χ3v) is 32.3. The molecule has 0 aliphatic carbocycles. The second-order valence-electron chi connectivity index (χ2n) is 37.7. The van der Waals surface area contributed by atoms with E-state index in [4.69, 9.17) is 98.5 Å². The Balaban J connectivity index is 1.04. The fraction of sp³-hybridized carbons (Fsp3) is 0.542. The molecular formula is C107H141N2O29PSi. The van der Waals surface area contributed by atoms with Crippen molar-refractivity contribution in [1.29, 1.82) is 0 Å². The van der Waals surface area contributed by atoms with Crippen LogP contribution in [0.2, 0.25) is 18.1 Å². The molecule has 5 heterocycles. The third-order valence-electron chi connectivity index (χ3n) is 26.4. The molecule has 5 aliphatic rings. The van der Waals surface area contributed by atoms with Crippen molar-refractivity contribution in [3.05, 3.63) is 251 Å². The van der Waals surface area contributed by atoms with Crippen molar-refractivity contribution in [2.24, 2.45) is 5.92 Å². The number of rotatable bonds is 52. The van der Waals surface area contributed by atoms with Gasteiger partial charge in [-0.05, 0) is 108 Å². The molecule has 2 N–H and O–H groups in total. The van der Waals surface area contributed by atoms with E-state index in [1.54, 1.807) is 90.1 Å². The topological polar surface area (TPSA) is 354 Å². The Labute approximate surface area is 823 Å². The van der Waals surface area contributed by atoms with Crippen LogP contribution in [0.4, 0.5) is 0 Å². The first-order valence-corrected chi connectivity index (χ1v) is 53.4. The summed E-state index contributed by atoms with van der Waals surface area (Å²) in [6.07, 6.45) is -23.1. The Morgan fingerprint density at radius 3 is 1.36 bits per heavy atom. The largest absolute Gasteiger partial charge is 0.475 e. The first kappa shape index (κ1) is 109. The number of phosphoric ester groups is 1. The highest BCUT2D eigenvalue weighted by Gasteiger charge is 2.64. The summed E-state index contributed by atoms with van der Waals surface area (Å²) < 4.78 is 160. The van der Waals surface area contributed by atoms with Crippen molar-refractivity contribution in [3.8, 4) is 0 Å². The predicted octanol–water partition coefficient (Wildman–Crippen LogP) is 17.3. The predicted molar refractivity (Wildman–Crippen MR) is 517 cm³/mol. The van der Waals surface area contributed by atoms with E-state index in [1.807, 2.05) is 185 Å². The third kappa shape index (κ3) is 31.3. The molecule has 0 radical (unpaired) electrons. The molecular weight excluding hydrogens is 1840 g/mol. The van der Waals surface area contributed by atoms with Gasteiger partial charge >= 0.3 is 37.7 Å². The number of hydrogen-bond donors (Lipinski definition) is 2. The highest BCUT2D eigenvalue weighted by atomic mass is 31.2. The summed E-state index contributed by atoms with van der Waals surface area (Å²) in [5.41, 5.74) is 5.68. The summed E-state index contributed by atoms with van der Waals surface area (Å²) >= 11 is 0. The molecule has 5 aliphatic heterocycles. The Kier molecular flexibility index (Phi) is 41.2. The lowest BCUT2D eigenvalue weighted by Crippen LogP contribution is -2.69. The molecule has 2 amide bonds. The summed E-state index contributed by atoms with van der Waals surface area (Å²) in [6.45, 7) is 23.7. The number of hydrogen-bond acceptors (Lipinski definition) is 29. The Hall–Kier alpha value is -9.36. The van der Waals surface area contributed by atoms with E-state index in [1.165, 1.54) is 0 Å². The molecule has 19 atom stereocenters. The Bertz CT molecular complexity index is 5040. The summed E-state index contributed by atoms with van der Waals surface area (Å²) in [5, 5.41) is 5.64. The van der Waals surface area contributed by atoms with Gasteiger partial charge < -0.3 is 95.6 Å². The number of carbonyl (C=O) groups is 7. The van der Waals surface area contributed by atoms with Gasteiger partial charge in [-0.2, -0.15) is 0 Å². The molecule has 33 heteroatoms. The molecule has 4 saturated heterocycles. The fourth-order valence-corrected chi connectivity index (χ4v) is 20.9. The van der Waals surface area contributed by atoms with Gasteiger partial charge in [0.1, 0.15) is 73.6 Å². The summed E-state index contributed by atoms with van der Waals surface area (Å²) in [7, 11) is -8.35. The molecule has 762 valence electrons. The molecule has 5 unspecified atom stereocenters. The SMILES string of the molecule is CCC(=O)O[C@H](CC)CC(=O)NC1[C@H](O[Si](C)(C)C(C)(C)C(C)C)OC(CO[C@@H]2OC(CO[C@]3(C(=O)OCc4ccccc4)C[C@H]4OC(C)(C)O[C@H]4C([C@H](COCc4ccccc4)OCc4ccccc4)O3)[C@H](OP3(=O)OCc4ccccc4CO3)[C@H](OC(=O)C[C@H](CC)OCc3ccccc3)C2NC(=O)C[C@@H](CC)OC(=O)CC)[C@@H](OCc2ccccc2)[C@@H]1OC(=O)C[C@H](CC)OCc1ccccc1. The van der Waals surface area contributed by atoms with Gasteiger partial charge in [0.2, 0.25) is 11.8 Å². The maximum Gasteiger partial charge on any atom is 0.475 e. The number of fused-ring (bicyclic) bond motifs is 2. The molecule has 0 spiro atoms. The maximum atomic E-state index is 16.4. The standard InChI is InChI=1S/C107H141N2O29PSi/c1-15-80(119-61-73-43-29-22-30-44-73)57-92(114)132-100-95(109-89(111)56-83(18-4)129-91(113)20-6)103(138-140(13,14)105(9,10)71(7)8)131-86(96(100)122-64-76-49-35-25-36-50-76)69-123-102-94(108-88(110)55-82(17-3)128-90(112)19-5)101(133-93(115)58-81(16-2)120-62-74-45-31-23-32-46-74)99(137-139(117)126-66-78-53-39-40-54-79(78)67-127-139)87(130-102)70-125-107(104(116)124-65-77-51-37-26-38-52-77)59-84-97(135-106(11,12)134-84)98(136-107)85(121-63-75-47-33-24-34-48-75)68-118-60-72-41-27-21-28-42-72/h21-54,71,80-87,94-103H,15-20,55-70H2,1-14H3,(H,108,110)(H,109,111)/t80-,81-,82+,83+,84+,85-,86?,87?,94?,95?,96+,97+,98?,99-,100+,101+,102+,103-,107+/m0/s1. The zero-order chi connectivity index (χ0) is 100.0. The molecule has 0 bridgehead atoms. The molecule has 4 fully saturated rings. The van der Waals surface area contributed by atoms with Gasteiger partial charge in [-0.25, -0.2) is 9.36 Å². The van der Waals surface area contributed by atoms with Gasteiger partial charge in [-0.3, -0.25) is 42.3 Å². The zero-order valence-corrected chi connectivity index (χ0v) is 84.8. The van der Waals surface area contributed by atoms with Crippen LogP contribution in [0, 0.1) is 5.92 Å². The first-order chi connectivity index (χ1) is 67.3. The number of ether oxygens (including phenoxy) is 17. The molecule has 7 aromatic rings. The van der Waals surface area contributed by atoms with E-state index in [0.29, 0.717) is 28.7 Å². The Morgan fingerprint density at radius 1 is 0.471 bits per heavy atom. The lowest BCUT2D eigenvalue weighted by atomic mass is 9.92. The van der Waals surface area contributed by atoms with Crippen molar-refractivity contribution in [2.45, 2.75) is 346 Å². The van der Waals surface area contributed by atoms with Crippen LogP contribution in [0.3, 0.4) is 0 Å². The van der Waals surface area contributed by atoms with E-state index in [-0.39, 0.29) is 110 Å². The summed E-state index contributed by atoms with van der Waals surface area (Å²) in [5.74, 6) is -9.38. The van der Waals surface area contributed by atoms with E-state index in [9.17, 15) is 9.59 Å². The number of esters is 5. The van der Waals surface area contributed by atoms with Gasteiger partial charge in [0.25, 0.3) is 5.79 Å². The van der Waals surface area contributed by atoms with Crippen molar-refractivity contribution in [3.63, 3.8) is 0 Å². The van der Waals surface area contributed by atoms with Gasteiger partial charge in [-0.1, -0.05) is 275 Å². The van der Waals surface area contributed by atoms with Crippen LogP contribution in [-0.2, 0) is 190 Å². The first-order valence-electron chi connectivity index (χ1n) is 49.0.